The average Bonchev–Trinajstić information content (AvgIpc) is 2.76. The van der Waals surface area contributed by atoms with Crippen molar-refractivity contribution in [2.24, 2.45) is 0 Å². The molecule has 1 aromatic rings. The molecule has 0 aromatic carbocycles. The number of hydrogen-bond donors (Lipinski definition) is 2. The van der Waals surface area contributed by atoms with Gasteiger partial charge in [0.05, 0.1) is 13.2 Å². The number of aryl methyl sites for hydroxylation is 1. The summed E-state index contributed by atoms with van der Waals surface area (Å²) < 4.78 is 2.13. The van der Waals surface area contributed by atoms with Gasteiger partial charge in [-0.15, -0.1) is 10.2 Å². The van der Waals surface area contributed by atoms with E-state index in [-0.39, 0.29) is 12.6 Å². The van der Waals surface area contributed by atoms with Crippen LogP contribution in [0.2, 0.25) is 0 Å². The van der Waals surface area contributed by atoms with Crippen LogP contribution in [0.15, 0.2) is 0 Å². The monoisotopic (exact) mass is 309 g/mol. The van der Waals surface area contributed by atoms with E-state index < -0.39 is 0 Å². The molecule has 0 unspecified atom stereocenters. The van der Waals surface area contributed by atoms with Gasteiger partial charge in [0, 0.05) is 26.1 Å². The molecule has 0 radical (unpaired) electrons. The highest BCUT2D eigenvalue weighted by Gasteiger charge is 2.17. The number of carbonyl (C=O) groups is 1. The van der Waals surface area contributed by atoms with Crippen LogP contribution in [0.25, 0.3) is 0 Å². The van der Waals surface area contributed by atoms with E-state index in [0.717, 1.165) is 50.3 Å². The van der Waals surface area contributed by atoms with Crippen molar-refractivity contribution >= 4 is 6.03 Å². The van der Waals surface area contributed by atoms with Crippen LogP contribution in [-0.2, 0) is 19.5 Å². The first-order valence-corrected chi connectivity index (χ1v) is 8.30. The summed E-state index contributed by atoms with van der Waals surface area (Å²) in [5.74, 6) is 1.85. The summed E-state index contributed by atoms with van der Waals surface area (Å²) in [4.78, 5) is 13.9. The average molecular weight is 309 g/mol. The van der Waals surface area contributed by atoms with Crippen molar-refractivity contribution in [3.8, 4) is 0 Å². The van der Waals surface area contributed by atoms with Crippen LogP contribution >= 0.6 is 0 Å². The van der Waals surface area contributed by atoms with Gasteiger partial charge in [-0.25, -0.2) is 4.79 Å². The number of fused-ring (bicyclic) bond motifs is 1. The van der Waals surface area contributed by atoms with Crippen molar-refractivity contribution in [2.75, 3.05) is 19.7 Å². The Morgan fingerprint density at radius 1 is 1.32 bits per heavy atom. The van der Waals surface area contributed by atoms with E-state index in [0.29, 0.717) is 19.6 Å². The van der Waals surface area contributed by atoms with Crippen LogP contribution in [0.5, 0.6) is 0 Å². The minimum absolute atomic E-state index is 0.0164. The minimum Gasteiger partial charge on any atom is -0.395 e. The van der Waals surface area contributed by atoms with Gasteiger partial charge in [-0.1, -0.05) is 19.8 Å². The Morgan fingerprint density at radius 3 is 2.95 bits per heavy atom. The summed E-state index contributed by atoms with van der Waals surface area (Å²) in [6, 6.07) is -0.145. The Morgan fingerprint density at radius 2 is 2.18 bits per heavy atom. The molecule has 0 saturated carbocycles. The number of amides is 2. The molecule has 2 amide bonds. The highest BCUT2D eigenvalue weighted by molar-refractivity contribution is 5.74. The number of aliphatic hydroxyl groups is 1. The lowest BCUT2D eigenvalue weighted by Gasteiger charge is -2.22. The molecule has 124 valence electrons. The maximum absolute atomic E-state index is 12.2. The largest absolute Gasteiger partial charge is 0.395 e. The van der Waals surface area contributed by atoms with Gasteiger partial charge in [0.25, 0.3) is 0 Å². The zero-order chi connectivity index (χ0) is 15.8. The summed E-state index contributed by atoms with van der Waals surface area (Å²) in [5, 5.41) is 20.4. The molecule has 0 atom stereocenters. The Bertz CT molecular complexity index is 474. The van der Waals surface area contributed by atoms with Crippen molar-refractivity contribution in [3.05, 3.63) is 11.6 Å². The van der Waals surface area contributed by atoms with Crippen LogP contribution in [0.4, 0.5) is 4.79 Å². The molecule has 0 bridgehead atoms. The predicted octanol–water partition coefficient (Wildman–Crippen LogP) is 1.31. The number of carbonyl (C=O) groups excluding carboxylic acids is 1. The highest BCUT2D eigenvalue weighted by atomic mass is 16.3. The standard InChI is InChI=1S/C15H27N5O2/c1-2-3-8-19(10-11-21)15(22)16-12-14-18-17-13-7-5-4-6-9-20(13)14/h21H,2-12H2,1H3,(H,16,22). The molecule has 2 N–H and O–H groups in total. The SMILES string of the molecule is CCCCN(CCO)C(=O)NCc1nnc2n1CCCCC2. The molecule has 1 aromatic heterocycles. The van der Waals surface area contributed by atoms with Crippen molar-refractivity contribution < 1.29 is 9.90 Å². The van der Waals surface area contributed by atoms with Gasteiger partial charge in [-0.2, -0.15) is 0 Å². The molecule has 1 aliphatic rings. The Labute approximate surface area is 131 Å². The van der Waals surface area contributed by atoms with Gasteiger partial charge < -0.3 is 19.9 Å². The second kappa shape index (κ2) is 8.73. The maximum Gasteiger partial charge on any atom is 0.317 e. The zero-order valence-electron chi connectivity index (χ0n) is 13.4. The fourth-order valence-corrected chi connectivity index (χ4v) is 2.73. The molecule has 7 nitrogen and oxygen atoms in total. The van der Waals surface area contributed by atoms with Crippen molar-refractivity contribution in [1.29, 1.82) is 0 Å². The quantitative estimate of drug-likeness (QED) is 0.795. The molecule has 7 heteroatoms. The lowest BCUT2D eigenvalue weighted by Crippen LogP contribution is -2.42. The molecule has 22 heavy (non-hydrogen) atoms. The van der Waals surface area contributed by atoms with E-state index in [1.54, 1.807) is 4.90 Å². The third kappa shape index (κ3) is 4.43. The minimum atomic E-state index is -0.145. The number of nitrogens with zero attached hydrogens (tertiary/aromatic N) is 4. The first-order chi connectivity index (χ1) is 10.8. The van der Waals surface area contributed by atoms with E-state index >= 15 is 0 Å². The number of unbranched alkanes of at least 4 members (excludes halogenated alkanes) is 1. The first-order valence-electron chi connectivity index (χ1n) is 8.30. The number of urea groups is 1. The normalized spacial score (nSPS) is 14.3. The molecule has 1 aliphatic heterocycles. The van der Waals surface area contributed by atoms with E-state index in [4.69, 9.17) is 5.11 Å². The second-order valence-corrected chi connectivity index (χ2v) is 5.72. The van der Waals surface area contributed by atoms with Crippen LogP contribution in [0.3, 0.4) is 0 Å². The van der Waals surface area contributed by atoms with Crippen LogP contribution in [-0.4, -0.2) is 50.5 Å². The van der Waals surface area contributed by atoms with E-state index in [1.807, 2.05) is 0 Å². The van der Waals surface area contributed by atoms with Gasteiger partial charge in [0.2, 0.25) is 0 Å². The lowest BCUT2D eigenvalue weighted by molar-refractivity contribution is 0.175. The van der Waals surface area contributed by atoms with Crippen LogP contribution in [0.1, 0.15) is 50.7 Å². The summed E-state index contributed by atoms with van der Waals surface area (Å²) in [7, 11) is 0. The van der Waals surface area contributed by atoms with Gasteiger partial charge in [-0.3, -0.25) is 0 Å². The number of aromatic nitrogens is 3. The van der Waals surface area contributed by atoms with E-state index in [9.17, 15) is 4.79 Å². The second-order valence-electron chi connectivity index (χ2n) is 5.72. The third-order valence-electron chi connectivity index (χ3n) is 4.02. The van der Waals surface area contributed by atoms with Gasteiger partial charge in [0.1, 0.15) is 5.82 Å². The van der Waals surface area contributed by atoms with Crippen molar-refractivity contribution in [1.82, 2.24) is 25.0 Å². The number of rotatable bonds is 7. The summed E-state index contributed by atoms with van der Waals surface area (Å²) in [6.07, 6.45) is 6.44. The van der Waals surface area contributed by atoms with E-state index in [2.05, 4.69) is 27.0 Å². The smallest absolute Gasteiger partial charge is 0.317 e. The molecule has 2 heterocycles. The van der Waals surface area contributed by atoms with Crippen molar-refractivity contribution in [3.63, 3.8) is 0 Å². The highest BCUT2D eigenvalue weighted by Crippen LogP contribution is 2.14. The van der Waals surface area contributed by atoms with Crippen LogP contribution in [0, 0.1) is 0 Å². The molecule has 0 saturated heterocycles. The fraction of sp³-hybridized carbons (Fsp3) is 0.800. The van der Waals surface area contributed by atoms with Crippen LogP contribution < -0.4 is 5.32 Å². The summed E-state index contributed by atoms with van der Waals surface area (Å²) in [5.41, 5.74) is 0. The zero-order valence-corrected chi connectivity index (χ0v) is 13.4. The third-order valence-corrected chi connectivity index (χ3v) is 4.02. The van der Waals surface area contributed by atoms with Gasteiger partial charge in [0.15, 0.2) is 5.82 Å². The van der Waals surface area contributed by atoms with E-state index in [1.165, 1.54) is 6.42 Å². The maximum atomic E-state index is 12.2. The molecule has 0 fully saturated rings. The predicted molar refractivity (Wildman–Crippen MR) is 83.4 cm³/mol. The molecular weight excluding hydrogens is 282 g/mol. The Hall–Kier alpha value is -1.63. The van der Waals surface area contributed by atoms with Gasteiger partial charge >= 0.3 is 6.03 Å². The molecular formula is C15H27N5O2. The molecule has 0 spiro atoms. The molecule has 0 aliphatic carbocycles. The topological polar surface area (TPSA) is 83.3 Å². The number of hydrogen-bond acceptors (Lipinski definition) is 4. The number of aliphatic hydroxyl groups excluding tert-OH is 1. The Balaban J connectivity index is 1.91. The summed E-state index contributed by atoms with van der Waals surface area (Å²) >= 11 is 0. The number of nitrogens with one attached hydrogen (secondary N) is 1. The lowest BCUT2D eigenvalue weighted by atomic mass is 10.2. The fourth-order valence-electron chi connectivity index (χ4n) is 2.73. The van der Waals surface area contributed by atoms with Gasteiger partial charge in [-0.05, 0) is 19.3 Å². The first kappa shape index (κ1) is 16.7. The van der Waals surface area contributed by atoms with Crippen molar-refractivity contribution in [2.45, 2.75) is 58.5 Å². The summed E-state index contributed by atoms with van der Waals surface area (Å²) in [6.45, 7) is 4.42. The Kier molecular flexibility index (Phi) is 6.64. The molecule has 2 rings (SSSR count).